The van der Waals surface area contributed by atoms with Crippen molar-refractivity contribution in [2.45, 2.75) is 20.0 Å². The van der Waals surface area contributed by atoms with E-state index in [9.17, 15) is 4.79 Å². The van der Waals surface area contributed by atoms with Gasteiger partial charge in [0.05, 0.1) is 12.7 Å². The normalized spacial score (nSPS) is 12.3. The van der Waals surface area contributed by atoms with Gasteiger partial charge in [0.1, 0.15) is 0 Å². The lowest BCUT2D eigenvalue weighted by atomic mass is 10.4. The number of aliphatic hydroxyl groups excluding tert-OH is 1. The molecule has 0 aliphatic rings. The van der Waals surface area contributed by atoms with Crippen LogP contribution in [0.2, 0.25) is 0 Å². The van der Waals surface area contributed by atoms with Gasteiger partial charge in [0.15, 0.2) is 0 Å². The van der Waals surface area contributed by atoms with E-state index in [1.807, 2.05) is 0 Å². The quantitative estimate of drug-likeness (QED) is 0.493. The van der Waals surface area contributed by atoms with Crippen LogP contribution in [0.1, 0.15) is 13.8 Å². The monoisotopic (exact) mass is 162 g/mol. The maximum atomic E-state index is 10.6. The van der Waals surface area contributed by atoms with Gasteiger partial charge in [-0.2, -0.15) is 0 Å². The van der Waals surface area contributed by atoms with Crippen LogP contribution >= 0.6 is 0 Å². The summed E-state index contributed by atoms with van der Waals surface area (Å²) in [6.45, 7) is 3.98. The van der Waals surface area contributed by atoms with Gasteiger partial charge in [-0.05, 0) is 13.8 Å². The average Bonchev–Trinajstić information content (AvgIpc) is 1.97. The Bertz CT molecular complexity index is 116. The molecule has 0 saturated heterocycles. The lowest BCUT2D eigenvalue weighted by Gasteiger charge is -2.07. The number of urea groups is 1. The molecule has 3 N–H and O–H groups in total. The zero-order valence-electron chi connectivity index (χ0n) is 6.76. The van der Waals surface area contributed by atoms with Gasteiger partial charge in [-0.25, -0.2) is 10.3 Å². The summed E-state index contributed by atoms with van der Waals surface area (Å²) in [7, 11) is 0. The molecule has 66 valence electrons. The van der Waals surface area contributed by atoms with Crippen molar-refractivity contribution >= 4 is 6.03 Å². The molecule has 2 amide bonds. The first-order chi connectivity index (χ1) is 5.16. The molecule has 1 atom stereocenters. The number of carbonyl (C=O) groups excluding carboxylic acids is 1. The molecule has 0 aliphatic heterocycles. The number of hydrogen-bond acceptors (Lipinski definition) is 3. The zero-order valence-corrected chi connectivity index (χ0v) is 6.76. The van der Waals surface area contributed by atoms with Crippen molar-refractivity contribution in [2.24, 2.45) is 0 Å². The summed E-state index contributed by atoms with van der Waals surface area (Å²) in [5.74, 6) is 0. The van der Waals surface area contributed by atoms with E-state index in [1.165, 1.54) is 0 Å². The minimum atomic E-state index is -0.539. The van der Waals surface area contributed by atoms with Gasteiger partial charge in [0, 0.05) is 6.54 Å². The topological polar surface area (TPSA) is 70.6 Å². The van der Waals surface area contributed by atoms with E-state index in [0.717, 1.165) is 0 Å². The summed E-state index contributed by atoms with van der Waals surface area (Å²) in [6, 6.07) is -0.437. The molecule has 0 unspecified atom stereocenters. The fourth-order valence-corrected chi connectivity index (χ4v) is 0.414. The Morgan fingerprint density at radius 2 is 2.36 bits per heavy atom. The highest BCUT2D eigenvalue weighted by Crippen LogP contribution is 1.74. The fourth-order valence-electron chi connectivity index (χ4n) is 0.414. The Hall–Kier alpha value is -0.810. The highest BCUT2D eigenvalue weighted by atomic mass is 16.7. The van der Waals surface area contributed by atoms with Crippen molar-refractivity contribution in [3.63, 3.8) is 0 Å². The summed E-state index contributed by atoms with van der Waals surface area (Å²) in [5, 5.41) is 11.1. The van der Waals surface area contributed by atoms with E-state index in [2.05, 4.69) is 15.6 Å². The zero-order chi connectivity index (χ0) is 8.69. The SMILES string of the molecule is CCONC(=O)NC[C@@H](C)O. The fraction of sp³-hybridized carbons (Fsp3) is 0.833. The van der Waals surface area contributed by atoms with Crippen LogP contribution in [0.3, 0.4) is 0 Å². The first-order valence-corrected chi connectivity index (χ1v) is 3.50. The van der Waals surface area contributed by atoms with Crippen molar-refractivity contribution < 1.29 is 14.7 Å². The maximum absolute atomic E-state index is 10.6. The van der Waals surface area contributed by atoms with E-state index >= 15 is 0 Å². The molecule has 5 heteroatoms. The number of amides is 2. The van der Waals surface area contributed by atoms with Crippen LogP contribution in [-0.4, -0.2) is 30.4 Å². The van der Waals surface area contributed by atoms with Crippen LogP contribution in [0.15, 0.2) is 0 Å². The Kier molecular flexibility index (Phi) is 5.50. The van der Waals surface area contributed by atoms with Gasteiger partial charge in [0.25, 0.3) is 0 Å². The second kappa shape index (κ2) is 5.94. The maximum Gasteiger partial charge on any atom is 0.338 e. The molecule has 0 aliphatic carbocycles. The number of carbonyl (C=O) groups is 1. The molecule has 5 nitrogen and oxygen atoms in total. The molecule has 0 radical (unpaired) electrons. The minimum Gasteiger partial charge on any atom is -0.392 e. The minimum absolute atomic E-state index is 0.221. The third-order valence-corrected chi connectivity index (χ3v) is 0.867. The lowest BCUT2D eigenvalue weighted by molar-refractivity contribution is 0.0691. The van der Waals surface area contributed by atoms with Gasteiger partial charge in [-0.15, -0.1) is 0 Å². The van der Waals surface area contributed by atoms with E-state index in [0.29, 0.717) is 6.61 Å². The van der Waals surface area contributed by atoms with Gasteiger partial charge < -0.3 is 10.4 Å². The van der Waals surface area contributed by atoms with Gasteiger partial charge in [0.2, 0.25) is 0 Å². The molecule has 0 aromatic carbocycles. The van der Waals surface area contributed by atoms with Crippen LogP contribution in [0.4, 0.5) is 4.79 Å². The molecule has 0 spiro atoms. The van der Waals surface area contributed by atoms with Crippen molar-refractivity contribution in [2.75, 3.05) is 13.2 Å². The van der Waals surface area contributed by atoms with Crippen LogP contribution < -0.4 is 10.8 Å². The van der Waals surface area contributed by atoms with Crippen LogP contribution in [0.25, 0.3) is 0 Å². The third kappa shape index (κ3) is 7.08. The van der Waals surface area contributed by atoms with Gasteiger partial charge in [-0.3, -0.25) is 4.84 Å². The number of hydrogen-bond donors (Lipinski definition) is 3. The van der Waals surface area contributed by atoms with Crippen molar-refractivity contribution in [1.82, 2.24) is 10.8 Å². The van der Waals surface area contributed by atoms with Gasteiger partial charge >= 0.3 is 6.03 Å². The summed E-state index contributed by atoms with van der Waals surface area (Å²) in [5.41, 5.74) is 2.13. The summed E-state index contributed by atoms with van der Waals surface area (Å²) in [6.07, 6.45) is -0.539. The van der Waals surface area contributed by atoms with Crippen LogP contribution in [0.5, 0.6) is 0 Å². The van der Waals surface area contributed by atoms with Crippen LogP contribution in [-0.2, 0) is 4.84 Å². The molecule has 11 heavy (non-hydrogen) atoms. The molecule has 0 saturated carbocycles. The first-order valence-electron chi connectivity index (χ1n) is 3.50. The van der Waals surface area contributed by atoms with Crippen molar-refractivity contribution in [3.8, 4) is 0 Å². The number of aliphatic hydroxyl groups is 1. The van der Waals surface area contributed by atoms with Crippen molar-refractivity contribution in [3.05, 3.63) is 0 Å². The molecule has 0 rings (SSSR count). The largest absolute Gasteiger partial charge is 0.392 e. The molecule has 0 bridgehead atoms. The molecular formula is C6H14N2O3. The Morgan fingerprint density at radius 3 is 2.82 bits per heavy atom. The second-order valence-electron chi connectivity index (χ2n) is 2.09. The number of rotatable bonds is 4. The van der Waals surface area contributed by atoms with E-state index in [-0.39, 0.29) is 6.54 Å². The predicted molar refractivity (Wildman–Crippen MR) is 39.8 cm³/mol. The Morgan fingerprint density at radius 1 is 1.73 bits per heavy atom. The number of nitrogens with one attached hydrogen (secondary N) is 2. The van der Waals surface area contributed by atoms with E-state index in [1.54, 1.807) is 13.8 Å². The van der Waals surface area contributed by atoms with E-state index < -0.39 is 12.1 Å². The summed E-state index contributed by atoms with van der Waals surface area (Å²) < 4.78 is 0. The second-order valence-corrected chi connectivity index (χ2v) is 2.09. The number of hydroxylamine groups is 1. The summed E-state index contributed by atoms with van der Waals surface area (Å²) >= 11 is 0. The van der Waals surface area contributed by atoms with Gasteiger partial charge in [-0.1, -0.05) is 0 Å². The highest BCUT2D eigenvalue weighted by molar-refractivity contribution is 5.72. The van der Waals surface area contributed by atoms with E-state index in [4.69, 9.17) is 5.11 Å². The Balaban J connectivity index is 3.23. The van der Waals surface area contributed by atoms with Crippen molar-refractivity contribution in [1.29, 1.82) is 0 Å². The molecule has 0 aromatic heterocycles. The molecule has 0 aromatic rings. The smallest absolute Gasteiger partial charge is 0.338 e. The van der Waals surface area contributed by atoms with Crippen LogP contribution in [0, 0.1) is 0 Å². The molecular weight excluding hydrogens is 148 g/mol. The molecule has 0 fully saturated rings. The Labute approximate surface area is 65.7 Å². The predicted octanol–water partition coefficient (Wildman–Crippen LogP) is -0.382. The lowest BCUT2D eigenvalue weighted by Crippen LogP contribution is -2.38. The summed E-state index contributed by atoms with van der Waals surface area (Å²) in [4.78, 5) is 15.2. The third-order valence-electron chi connectivity index (χ3n) is 0.867. The average molecular weight is 162 g/mol. The molecule has 0 heterocycles. The standard InChI is InChI=1S/C6H14N2O3/c1-3-11-8-6(10)7-4-5(2)9/h5,9H,3-4H2,1-2H3,(H2,7,8,10)/t5-/m1/s1. The first kappa shape index (κ1) is 10.2. The highest BCUT2D eigenvalue weighted by Gasteiger charge is 1.99.